The molecule has 98 valence electrons. The van der Waals surface area contributed by atoms with Gasteiger partial charge in [0.25, 0.3) is 6.43 Å². The average Bonchev–Trinajstić information content (AvgIpc) is 2.55. The fourth-order valence-electron chi connectivity index (χ4n) is 1.42. The molecule has 0 unspecified atom stereocenters. The lowest BCUT2D eigenvalue weighted by atomic mass is 10.4. The van der Waals surface area contributed by atoms with Crippen LogP contribution in [0.25, 0.3) is 0 Å². The van der Waals surface area contributed by atoms with Gasteiger partial charge in [-0.05, 0) is 13.8 Å². The fraction of sp³-hybridized carbons (Fsp3) is 0.700. The number of alkyl halides is 2. The van der Waals surface area contributed by atoms with Gasteiger partial charge in [-0.2, -0.15) is 5.10 Å². The summed E-state index contributed by atoms with van der Waals surface area (Å²) in [5.74, 6) is 0.714. The van der Waals surface area contributed by atoms with Gasteiger partial charge in [0.2, 0.25) is 0 Å². The third-order valence-electron chi connectivity index (χ3n) is 2.26. The van der Waals surface area contributed by atoms with Gasteiger partial charge in [0.1, 0.15) is 12.4 Å². The maximum absolute atomic E-state index is 11.8. The number of nitrogens with zero attached hydrogens (tertiary/aromatic N) is 2. The Kier molecular flexibility index (Phi) is 5.14. The van der Waals surface area contributed by atoms with Gasteiger partial charge >= 0.3 is 0 Å². The Bertz CT molecular complexity index is 354. The van der Waals surface area contributed by atoms with Crippen LogP contribution in [0.3, 0.4) is 0 Å². The number of anilines is 2. The highest BCUT2D eigenvalue weighted by Gasteiger charge is 2.10. The molecule has 0 saturated heterocycles. The number of hydrogen-bond donors (Lipinski definition) is 2. The standard InChI is InChI=1S/C10H18F2N4O/c1-3-16-10(9(13)7(2)15-16)14-4-5-17-6-8(11)12/h8,14H,3-6,13H2,1-2H3. The molecule has 1 heterocycles. The van der Waals surface area contributed by atoms with E-state index in [4.69, 9.17) is 10.5 Å². The molecule has 0 saturated carbocycles. The van der Waals surface area contributed by atoms with Crippen LogP contribution in [-0.2, 0) is 11.3 Å². The predicted molar refractivity (Wildman–Crippen MR) is 62.4 cm³/mol. The molecule has 1 aromatic heterocycles. The van der Waals surface area contributed by atoms with Gasteiger partial charge in [-0.3, -0.25) is 0 Å². The lowest BCUT2D eigenvalue weighted by molar-refractivity contribution is 0.0214. The second kappa shape index (κ2) is 6.39. The van der Waals surface area contributed by atoms with E-state index in [0.29, 0.717) is 24.6 Å². The highest BCUT2D eigenvalue weighted by atomic mass is 19.3. The van der Waals surface area contributed by atoms with Crippen LogP contribution in [-0.4, -0.2) is 36.0 Å². The van der Waals surface area contributed by atoms with E-state index >= 15 is 0 Å². The molecule has 17 heavy (non-hydrogen) atoms. The van der Waals surface area contributed by atoms with Crippen molar-refractivity contribution in [3.8, 4) is 0 Å². The first-order valence-electron chi connectivity index (χ1n) is 5.48. The molecule has 0 spiro atoms. The van der Waals surface area contributed by atoms with Crippen molar-refractivity contribution in [1.29, 1.82) is 0 Å². The molecular weight excluding hydrogens is 230 g/mol. The van der Waals surface area contributed by atoms with Crippen LogP contribution >= 0.6 is 0 Å². The Hall–Kier alpha value is -1.37. The van der Waals surface area contributed by atoms with Crippen molar-refractivity contribution in [2.24, 2.45) is 0 Å². The molecule has 0 amide bonds. The number of aromatic nitrogens is 2. The highest BCUT2D eigenvalue weighted by molar-refractivity contribution is 5.64. The van der Waals surface area contributed by atoms with E-state index in [0.717, 1.165) is 5.69 Å². The highest BCUT2D eigenvalue weighted by Crippen LogP contribution is 2.21. The number of rotatable bonds is 7. The summed E-state index contributed by atoms with van der Waals surface area (Å²) in [6, 6.07) is 0. The molecule has 0 aliphatic heterocycles. The Morgan fingerprint density at radius 1 is 1.53 bits per heavy atom. The minimum Gasteiger partial charge on any atom is -0.394 e. The second-order valence-corrected chi connectivity index (χ2v) is 3.56. The Labute approximate surface area is 98.9 Å². The van der Waals surface area contributed by atoms with Crippen LogP contribution in [0.15, 0.2) is 0 Å². The molecule has 0 aromatic carbocycles. The summed E-state index contributed by atoms with van der Waals surface area (Å²) in [7, 11) is 0. The summed E-state index contributed by atoms with van der Waals surface area (Å²) in [4.78, 5) is 0. The van der Waals surface area contributed by atoms with Crippen LogP contribution < -0.4 is 11.1 Å². The molecular formula is C10H18F2N4O. The number of ether oxygens (including phenoxy) is 1. The Morgan fingerprint density at radius 3 is 2.82 bits per heavy atom. The molecule has 0 radical (unpaired) electrons. The van der Waals surface area contributed by atoms with Crippen LogP contribution in [0.4, 0.5) is 20.3 Å². The number of aryl methyl sites for hydroxylation is 2. The molecule has 1 rings (SSSR count). The Balaban J connectivity index is 2.41. The predicted octanol–water partition coefficient (Wildman–Crippen LogP) is 1.49. The smallest absolute Gasteiger partial charge is 0.261 e. The van der Waals surface area contributed by atoms with Crippen molar-refractivity contribution in [3.05, 3.63) is 5.69 Å². The van der Waals surface area contributed by atoms with Crippen LogP contribution in [0.2, 0.25) is 0 Å². The van der Waals surface area contributed by atoms with Gasteiger partial charge in [0, 0.05) is 13.1 Å². The van der Waals surface area contributed by atoms with Crippen LogP contribution in [0.1, 0.15) is 12.6 Å². The van der Waals surface area contributed by atoms with E-state index < -0.39 is 13.0 Å². The fourth-order valence-corrected chi connectivity index (χ4v) is 1.42. The molecule has 0 aliphatic rings. The lowest BCUT2D eigenvalue weighted by Gasteiger charge is -2.09. The van der Waals surface area contributed by atoms with Crippen LogP contribution in [0, 0.1) is 6.92 Å². The molecule has 7 heteroatoms. The van der Waals surface area contributed by atoms with Crippen molar-refractivity contribution in [3.63, 3.8) is 0 Å². The van der Waals surface area contributed by atoms with E-state index in [-0.39, 0.29) is 6.61 Å². The second-order valence-electron chi connectivity index (χ2n) is 3.56. The largest absolute Gasteiger partial charge is 0.394 e. The summed E-state index contributed by atoms with van der Waals surface area (Å²) in [5, 5.41) is 7.26. The van der Waals surface area contributed by atoms with E-state index in [2.05, 4.69) is 10.4 Å². The van der Waals surface area contributed by atoms with Gasteiger partial charge in [-0.15, -0.1) is 0 Å². The number of hydrogen-bond acceptors (Lipinski definition) is 4. The molecule has 3 N–H and O–H groups in total. The van der Waals surface area contributed by atoms with Crippen molar-refractivity contribution < 1.29 is 13.5 Å². The van der Waals surface area contributed by atoms with Gasteiger partial charge in [0.15, 0.2) is 0 Å². The first-order chi connectivity index (χ1) is 8.06. The van der Waals surface area contributed by atoms with Crippen molar-refractivity contribution >= 4 is 11.5 Å². The minimum atomic E-state index is -2.43. The summed E-state index contributed by atoms with van der Waals surface area (Å²) in [6.45, 7) is 4.55. The maximum Gasteiger partial charge on any atom is 0.261 e. The molecule has 0 aliphatic carbocycles. The summed E-state index contributed by atoms with van der Waals surface area (Å²) < 4.78 is 30.1. The average molecular weight is 248 g/mol. The first kappa shape index (κ1) is 13.7. The zero-order valence-electron chi connectivity index (χ0n) is 10.0. The Morgan fingerprint density at radius 2 is 2.24 bits per heavy atom. The molecule has 1 aromatic rings. The normalized spacial score (nSPS) is 11.1. The minimum absolute atomic E-state index is 0.206. The molecule has 0 atom stereocenters. The van der Waals surface area contributed by atoms with Gasteiger partial charge in [0.05, 0.1) is 18.0 Å². The van der Waals surface area contributed by atoms with Crippen LogP contribution in [0.5, 0.6) is 0 Å². The number of nitrogen functional groups attached to an aromatic ring is 1. The van der Waals surface area contributed by atoms with E-state index in [1.807, 2.05) is 13.8 Å². The summed E-state index contributed by atoms with van der Waals surface area (Å²) in [6.07, 6.45) is -2.43. The third kappa shape index (κ3) is 3.85. The molecule has 0 fully saturated rings. The monoisotopic (exact) mass is 248 g/mol. The topological polar surface area (TPSA) is 65.1 Å². The maximum atomic E-state index is 11.8. The van der Waals surface area contributed by atoms with E-state index in [9.17, 15) is 8.78 Å². The lowest BCUT2D eigenvalue weighted by Crippen LogP contribution is -2.16. The van der Waals surface area contributed by atoms with Gasteiger partial charge in [-0.25, -0.2) is 13.5 Å². The number of halogens is 2. The summed E-state index contributed by atoms with van der Waals surface area (Å²) >= 11 is 0. The van der Waals surface area contributed by atoms with Gasteiger partial charge in [-0.1, -0.05) is 0 Å². The quantitative estimate of drug-likeness (QED) is 0.717. The third-order valence-corrected chi connectivity index (χ3v) is 2.26. The molecule has 0 bridgehead atoms. The zero-order chi connectivity index (χ0) is 12.8. The van der Waals surface area contributed by atoms with E-state index in [1.165, 1.54) is 0 Å². The van der Waals surface area contributed by atoms with E-state index in [1.54, 1.807) is 4.68 Å². The molecule has 5 nitrogen and oxygen atoms in total. The number of nitrogens with two attached hydrogens (primary N) is 1. The van der Waals surface area contributed by atoms with Crippen molar-refractivity contribution in [1.82, 2.24) is 9.78 Å². The first-order valence-corrected chi connectivity index (χ1v) is 5.48. The summed E-state index contributed by atoms with van der Waals surface area (Å²) in [5.41, 5.74) is 7.17. The van der Waals surface area contributed by atoms with Crippen molar-refractivity contribution in [2.75, 3.05) is 30.8 Å². The SMILES string of the molecule is CCn1nc(C)c(N)c1NCCOCC(F)F. The van der Waals surface area contributed by atoms with Gasteiger partial charge < -0.3 is 15.8 Å². The van der Waals surface area contributed by atoms with Crippen molar-refractivity contribution in [2.45, 2.75) is 26.8 Å². The zero-order valence-corrected chi connectivity index (χ0v) is 10.0. The number of nitrogens with one attached hydrogen (secondary N) is 1.